The van der Waals surface area contributed by atoms with Gasteiger partial charge in [0, 0.05) is 12.8 Å². The number of aliphatic hydroxyl groups is 2. The molecule has 13 nitrogen and oxygen atoms in total. The molecule has 5 atom stereocenters. The number of aliphatic carboxylic acids is 1. The molecule has 0 bridgehead atoms. The lowest BCUT2D eigenvalue weighted by Gasteiger charge is -2.20. The summed E-state index contributed by atoms with van der Waals surface area (Å²) in [6.07, 6.45) is 41.6. The molecule has 0 aromatic rings. The molecular weight excluding hydrogens is 813 g/mol. The van der Waals surface area contributed by atoms with Crippen molar-refractivity contribution in [3.05, 3.63) is 60.8 Å². The van der Waals surface area contributed by atoms with Gasteiger partial charge in [-0.25, -0.2) is 4.57 Å². The smallest absolute Gasteiger partial charge is 0.472 e. The lowest BCUT2D eigenvalue weighted by molar-refractivity contribution is -0.161. The minimum absolute atomic E-state index is 0.0936. The summed E-state index contributed by atoms with van der Waals surface area (Å²) in [5.41, 5.74) is 5.33. The molecule has 0 saturated heterocycles. The van der Waals surface area contributed by atoms with Crippen LogP contribution in [0, 0.1) is 0 Å². The van der Waals surface area contributed by atoms with Crippen LogP contribution in [0.15, 0.2) is 60.8 Å². The fraction of sp³-hybridized carbons (Fsp3) is 0.729. The van der Waals surface area contributed by atoms with Gasteiger partial charge in [-0.05, 0) is 83.5 Å². The average Bonchev–Trinajstić information content (AvgIpc) is 3.24. The van der Waals surface area contributed by atoms with Crippen molar-refractivity contribution in [2.24, 2.45) is 5.73 Å². The molecule has 0 aromatic carbocycles. The normalized spacial score (nSPS) is 15.2. The molecule has 0 radical (unpaired) electrons. The summed E-state index contributed by atoms with van der Waals surface area (Å²) in [6, 6.07) is -1.57. The summed E-state index contributed by atoms with van der Waals surface area (Å²) in [5, 5.41) is 29.6. The number of allylic oxidation sites excluding steroid dienone is 9. The number of carboxylic acid groups (broad SMARTS) is 1. The van der Waals surface area contributed by atoms with Crippen LogP contribution in [0.1, 0.15) is 181 Å². The van der Waals surface area contributed by atoms with Gasteiger partial charge in [0.05, 0.1) is 25.4 Å². The van der Waals surface area contributed by atoms with Crippen LogP contribution in [0.4, 0.5) is 0 Å². The maximum atomic E-state index is 12.7. The number of rotatable bonds is 43. The molecule has 14 heteroatoms. The van der Waals surface area contributed by atoms with Gasteiger partial charge in [0.25, 0.3) is 0 Å². The van der Waals surface area contributed by atoms with Crippen molar-refractivity contribution >= 4 is 25.7 Å². The molecule has 3 unspecified atom stereocenters. The van der Waals surface area contributed by atoms with Crippen molar-refractivity contribution in [1.82, 2.24) is 0 Å². The molecule has 0 rings (SSSR count). The summed E-state index contributed by atoms with van der Waals surface area (Å²) in [5.74, 6) is -2.70. The van der Waals surface area contributed by atoms with Crippen LogP contribution in [-0.4, -0.2) is 82.3 Å². The topological polar surface area (TPSA) is 212 Å². The van der Waals surface area contributed by atoms with Crippen LogP contribution in [-0.2, 0) is 37.5 Å². The maximum Gasteiger partial charge on any atom is 0.472 e. The summed E-state index contributed by atoms with van der Waals surface area (Å²) >= 11 is 0. The van der Waals surface area contributed by atoms with E-state index in [0.717, 1.165) is 57.8 Å². The van der Waals surface area contributed by atoms with Gasteiger partial charge >= 0.3 is 25.7 Å². The minimum Gasteiger partial charge on any atom is -0.480 e. The number of carbonyl (C=O) groups is 3. The number of carbonyl (C=O) groups excluding carboxylic acids is 2. The Balaban J connectivity index is 4.55. The minimum atomic E-state index is -4.79. The first-order chi connectivity index (χ1) is 29.9. The molecule has 358 valence electrons. The standard InChI is InChI=1S/C48H84NO12P/c1-3-5-7-9-11-13-15-17-18-19-20-21-22-23-25-27-29-31-33-37-47(53)61-42(40-59-62(56,57)60-41-43(49)48(54)55)39-58-46(52)38-34-36-45(51)44(50)35-32-30-28-26-24-16-14-12-10-8-6-4-2/h11-14,17-18,24,26,30,32,42-45,50-51H,3-10,15-16,19-23,25,27-29,31,33-41,49H2,1-2H3,(H,54,55)(H,56,57)/b13-11-,14-12-,18-17-,26-24-,32-30-/t42-,43+,44?,45?/m1/s1. The van der Waals surface area contributed by atoms with Gasteiger partial charge in [-0.1, -0.05) is 145 Å². The Morgan fingerprint density at radius 2 is 1.02 bits per heavy atom. The number of phosphoric ester groups is 1. The number of nitrogens with two attached hydrogens (primary N) is 1. The highest BCUT2D eigenvalue weighted by Gasteiger charge is 2.28. The van der Waals surface area contributed by atoms with E-state index in [1.165, 1.54) is 70.6 Å². The zero-order chi connectivity index (χ0) is 45.9. The first-order valence-corrected chi connectivity index (χ1v) is 25.0. The van der Waals surface area contributed by atoms with Crippen molar-refractivity contribution in [3.8, 4) is 0 Å². The molecule has 62 heavy (non-hydrogen) atoms. The Hall–Kier alpha value is -2.90. The fourth-order valence-electron chi connectivity index (χ4n) is 6.08. The van der Waals surface area contributed by atoms with Crippen LogP contribution in [0.2, 0.25) is 0 Å². The van der Waals surface area contributed by atoms with Gasteiger partial charge in [0.2, 0.25) is 0 Å². The molecule has 0 aromatic heterocycles. The number of aliphatic hydroxyl groups excluding tert-OH is 2. The molecular formula is C48H84NO12P. The first kappa shape index (κ1) is 59.1. The summed E-state index contributed by atoms with van der Waals surface area (Å²) < 4.78 is 32.6. The van der Waals surface area contributed by atoms with E-state index in [-0.39, 0.29) is 32.1 Å². The van der Waals surface area contributed by atoms with E-state index in [1.54, 1.807) is 0 Å². The number of hydrogen-bond donors (Lipinski definition) is 5. The number of unbranched alkanes of at least 4 members (excludes halogenated alkanes) is 15. The zero-order valence-corrected chi connectivity index (χ0v) is 39.1. The van der Waals surface area contributed by atoms with Crippen molar-refractivity contribution in [2.75, 3.05) is 19.8 Å². The third-order valence-electron chi connectivity index (χ3n) is 9.94. The molecule has 0 amide bonds. The lowest BCUT2D eigenvalue weighted by atomic mass is 10.0. The van der Waals surface area contributed by atoms with Crippen molar-refractivity contribution in [3.63, 3.8) is 0 Å². The van der Waals surface area contributed by atoms with E-state index in [0.29, 0.717) is 6.42 Å². The van der Waals surface area contributed by atoms with Crippen molar-refractivity contribution in [1.29, 1.82) is 0 Å². The Bertz CT molecular complexity index is 1320. The van der Waals surface area contributed by atoms with E-state index in [2.05, 4.69) is 67.0 Å². The number of hydrogen-bond acceptors (Lipinski definition) is 11. The van der Waals surface area contributed by atoms with Gasteiger partial charge in [0.15, 0.2) is 6.10 Å². The molecule has 0 aliphatic heterocycles. The van der Waals surface area contributed by atoms with Gasteiger partial charge in [-0.3, -0.25) is 23.4 Å². The third kappa shape index (κ3) is 39.9. The monoisotopic (exact) mass is 898 g/mol. The fourth-order valence-corrected chi connectivity index (χ4v) is 6.86. The Labute approximate surface area is 373 Å². The highest BCUT2D eigenvalue weighted by atomic mass is 31.2. The van der Waals surface area contributed by atoms with E-state index in [1.807, 2.05) is 12.2 Å². The second-order valence-electron chi connectivity index (χ2n) is 15.8. The highest BCUT2D eigenvalue weighted by molar-refractivity contribution is 7.47. The second-order valence-corrected chi connectivity index (χ2v) is 17.3. The Morgan fingerprint density at radius 3 is 1.55 bits per heavy atom. The molecule has 6 N–H and O–H groups in total. The summed E-state index contributed by atoms with van der Waals surface area (Å²) in [6.45, 7) is 2.45. The number of carboxylic acids is 1. The number of phosphoric acid groups is 1. The SMILES string of the molecule is CCCCC/C=C\C/C=C\C/C=C\CC(O)C(O)CCCC(=O)OC[C@H](COP(=O)(O)OC[C@H](N)C(=O)O)OC(=O)CCCCCCCCCCC/C=C\C/C=C\CCCCC. The number of esters is 2. The summed E-state index contributed by atoms with van der Waals surface area (Å²) in [4.78, 5) is 46.1. The van der Waals surface area contributed by atoms with Crippen LogP contribution in [0.5, 0.6) is 0 Å². The van der Waals surface area contributed by atoms with Gasteiger partial charge in [-0.2, -0.15) is 0 Å². The van der Waals surface area contributed by atoms with E-state index in [9.17, 15) is 34.1 Å². The first-order valence-electron chi connectivity index (χ1n) is 23.5. The molecule has 0 saturated carbocycles. The van der Waals surface area contributed by atoms with Crippen molar-refractivity contribution < 1.29 is 57.7 Å². The van der Waals surface area contributed by atoms with Gasteiger partial charge in [-0.15, -0.1) is 0 Å². The molecule has 0 fully saturated rings. The number of ether oxygens (including phenoxy) is 2. The Kier molecular flexibility index (Phi) is 40.1. The average molecular weight is 898 g/mol. The van der Waals surface area contributed by atoms with Crippen LogP contribution in [0.25, 0.3) is 0 Å². The van der Waals surface area contributed by atoms with Gasteiger partial charge < -0.3 is 35.4 Å². The largest absolute Gasteiger partial charge is 0.480 e. The molecule has 0 aliphatic rings. The third-order valence-corrected chi connectivity index (χ3v) is 10.9. The lowest BCUT2D eigenvalue weighted by Crippen LogP contribution is -2.34. The second kappa shape index (κ2) is 42.1. The molecule has 0 aliphatic carbocycles. The maximum absolute atomic E-state index is 12.7. The van der Waals surface area contributed by atoms with Crippen LogP contribution < -0.4 is 5.73 Å². The van der Waals surface area contributed by atoms with Crippen molar-refractivity contribution in [2.45, 2.75) is 205 Å². The van der Waals surface area contributed by atoms with E-state index in [4.69, 9.17) is 24.8 Å². The van der Waals surface area contributed by atoms with E-state index < -0.39 is 69.9 Å². The summed E-state index contributed by atoms with van der Waals surface area (Å²) in [7, 11) is -4.79. The highest BCUT2D eigenvalue weighted by Crippen LogP contribution is 2.43. The van der Waals surface area contributed by atoms with E-state index >= 15 is 0 Å². The predicted octanol–water partition coefficient (Wildman–Crippen LogP) is 10.7. The molecule has 0 heterocycles. The Morgan fingerprint density at radius 1 is 0.565 bits per heavy atom. The zero-order valence-electron chi connectivity index (χ0n) is 38.2. The molecule has 0 spiro atoms. The van der Waals surface area contributed by atoms with Gasteiger partial charge in [0.1, 0.15) is 12.6 Å². The van der Waals surface area contributed by atoms with Crippen LogP contribution >= 0.6 is 7.82 Å². The quantitative estimate of drug-likeness (QED) is 0.0167. The predicted molar refractivity (Wildman–Crippen MR) is 247 cm³/mol. The van der Waals surface area contributed by atoms with Crippen LogP contribution in [0.3, 0.4) is 0 Å².